The van der Waals surface area contributed by atoms with E-state index in [1.165, 1.54) is 27.4 Å². The summed E-state index contributed by atoms with van der Waals surface area (Å²) in [5.74, 6) is 0. The average molecular weight is 209 g/mol. The van der Waals surface area contributed by atoms with Crippen molar-refractivity contribution in [3.05, 3.63) is 61.2 Å². The molecule has 3 rings (SSSR count). The number of aromatic amines is 1. The highest BCUT2D eigenvalue weighted by Gasteiger charge is 2.01. The third-order valence-corrected chi connectivity index (χ3v) is 2.66. The van der Waals surface area contributed by atoms with Gasteiger partial charge in [0.15, 0.2) is 0 Å². The van der Waals surface area contributed by atoms with Gasteiger partial charge >= 0.3 is 0 Å². The highest BCUT2D eigenvalue weighted by atomic mass is 14.7. The zero-order valence-electron chi connectivity index (χ0n) is 9.46. The lowest BCUT2D eigenvalue weighted by Crippen LogP contribution is -1.70. The van der Waals surface area contributed by atoms with Gasteiger partial charge in [-0.15, -0.1) is 13.2 Å². The van der Waals surface area contributed by atoms with Crippen LogP contribution in [0.25, 0.3) is 21.8 Å². The van der Waals surface area contributed by atoms with Crippen LogP contribution in [0.15, 0.2) is 55.6 Å². The van der Waals surface area contributed by atoms with Crippen LogP contribution in [0.4, 0.5) is 0 Å². The molecule has 0 bridgehead atoms. The summed E-state index contributed by atoms with van der Waals surface area (Å²) < 4.78 is 0. The molecule has 0 radical (unpaired) electrons. The normalized spacial score (nSPS) is 10.1. The number of nitrogens with one attached hydrogen (secondary N) is 1. The van der Waals surface area contributed by atoms with Crippen molar-refractivity contribution in [1.82, 2.24) is 4.98 Å². The standard InChI is InChI=1S/C13H11N.C2H4/c1-9-6-7-13-11(8-9)10-4-2-3-5-12(10)14-13;1-2/h2-8,14H,1H3;1-2H2. The molecule has 0 fully saturated rings. The van der Waals surface area contributed by atoms with Gasteiger partial charge in [0.1, 0.15) is 0 Å². The Labute approximate surface area is 95.4 Å². The first-order valence-electron chi connectivity index (χ1n) is 5.32. The lowest BCUT2D eigenvalue weighted by atomic mass is 10.1. The van der Waals surface area contributed by atoms with Crippen LogP contribution in [0.5, 0.6) is 0 Å². The van der Waals surface area contributed by atoms with Crippen molar-refractivity contribution in [3.63, 3.8) is 0 Å². The minimum atomic E-state index is 1.22. The van der Waals surface area contributed by atoms with E-state index < -0.39 is 0 Å². The molecule has 0 atom stereocenters. The Morgan fingerprint density at radius 1 is 0.875 bits per heavy atom. The van der Waals surface area contributed by atoms with Crippen LogP contribution in [0.1, 0.15) is 5.56 Å². The molecule has 0 aliphatic carbocycles. The molecule has 0 saturated heterocycles. The molecule has 1 aromatic heterocycles. The van der Waals surface area contributed by atoms with Crippen molar-refractivity contribution in [2.45, 2.75) is 6.92 Å². The summed E-state index contributed by atoms with van der Waals surface area (Å²) in [6, 6.07) is 14.9. The number of aryl methyl sites for hydroxylation is 1. The molecule has 1 nitrogen and oxygen atoms in total. The topological polar surface area (TPSA) is 15.8 Å². The Balaban J connectivity index is 0.000000457. The summed E-state index contributed by atoms with van der Waals surface area (Å²) in [6.45, 7) is 8.13. The number of para-hydroxylation sites is 1. The van der Waals surface area contributed by atoms with Gasteiger partial charge in [0, 0.05) is 21.8 Å². The summed E-state index contributed by atoms with van der Waals surface area (Å²) in [7, 11) is 0. The molecule has 2 aromatic carbocycles. The fourth-order valence-electron chi connectivity index (χ4n) is 1.96. The van der Waals surface area contributed by atoms with Crippen molar-refractivity contribution in [2.75, 3.05) is 0 Å². The Bertz CT molecular complexity index is 619. The molecule has 0 aliphatic rings. The highest BCUT2D eigenvalue weighted by Crippen LogP contribution is 2.25. The van der Waals surface area contributed by atoms with Gasteiger partial charge in [0.05, 0.1) is 0 Å². The minimum absolute atomic E-state index is 1.22. The number of hydrogen-bond acceptors (Lipinski definition) is 0. The number of H-pyrrole nitrogens is 1. The lowest BCUT2D eigenvalue weighted by Gasteiger charge is -1.92. The second-order valence-electron chi connectivity index (χ2n) is 3.72. The largest absolute Gasteiger partial charge is 0.355 e. The quantitative estimate of drug-likeness (QED) is 0.527. The van der Waals surface area contributed by atoms with Crippen LogP contribution in [0, 0.1) is 6.92 Å². The van der Waals surface area contributed by atoms with E-state index in [-0.39, 0.29) is 0 Å². The van der Waals surface area contributed by atoms with E-state index in [2.05, 4.69) is 67.5 Å². The smallest absolute Gasteiger partial charge is 0.0465 e. The fourth-order valence-corrected chi connectivity index (χ4v) is 1.96. The SMILES string of the molecule is C=C.Cc1ccc2[nH]c3ccccc3c2c1. The lowest BCUT2D eigenvalue weighted by molar-refractivity contribution is 1.49. The fraction of sp³-hybridized carbons (Fsp3) is 0.0667. The molecule has 16 heavy (non-hydrogen) atoms. The van der Waals surface area contributed by atoms with E-state index in [0.717, 1.165) is 0 Å². The van der Waals surface area contributed by atoms with Crippen molar-refractivity contribution in [2.24, 2.45) is 0 Å². The first-order chi connectivity index (χ1) is 7.84. The molecule has 0 aliphatic heterocycles. The molecular formula is C15H15N. The van der Waals surface area contributed by atoms with E-state index in [0.29, 0.717) is 0 Å². The van der Waals surface area contributed by atoms with Crippen LogP contribution >= 0.6 is 0 Å². The van der Waals surface area contributed by atoms with Gasteiger partial charge in [0.2, 0.25) is 0 Å². The van der Waals surface area contributed by atoms with E-state index in [1.54, 1.807) is 0 Å². The molecule has 1 N–H and O–H groups in total. The summed E-state index contributed by atoms with van der Waals surface area (Å²) in [5, 5.41) is 2.63. The molecule has 0 unspecified atom stereocenters. The van der Waals surface area contributed by atoms with E-state index in [4.69, 9.17) is 0 Å². The maximum absolute atomic E-state index is 3.41. The number of rotatable bonds is 0. The van der Waals surface area contributed by atoms with Crippen molar-refractivity contribution >= 4 is 21.8 Å². The van der Waals surface area contributed by atoms with Crippen LogP contribution in [0.2, 0.25) is 0 Å². The Kier molecular flexibility index (Phi) is 2.78. The van der Waals surface area contributed by atoms with Gasteiger partial charge in [-0.25, -0.2) is 0 Å². The molecule has 0 amide bonds. The minimum Gasteiger partial charge on any atom is -0.355 e. The van der Waals surface area contributed by atoms with Crippen molar-refractivity contribution < 1.29 is 0 Å². The molecule has 0 spiro atoms. The van der Waals surface area contributed by atoms with Gasteiger partial charge in [0.25, 0.3) is 0 Å². The average Bonchev–Trinajstić information content (AvgIpc) is 2.70. The van der Waals surface area contributed by atoms with Gasteiger partial charge in [-0.1, -0.05) is 29.8 Å². The predicted molar refractivity (Wildman–Crippen MR) is 71.8 cm³/mol. The van der Waals surface area contributed by atoms with E-state index >= 15 is 0 Å². The van der Waals surface area contributed by atoms with Gasteiger partial charge in [-0.3, -0.25) is 0 Å². The Morgan fingerprint density at radius 3 is 2.38 bits per heavy atom. The second kappa shape index (κ2) is 4.23. The van der Waals surface area contributed by atoms with Crippen molar-refractivity contribution in [1.29, 1.82) is 0 Å². The van der Waals surface area contributed by atoms with Gasteiger partial charge < -0.3 is 4.98 Å². The maximum atomic E-state index is 3.41. The highest BCUT2D eigenvalue weighted by molar-refractivity contribution is 6.07. The zero-order valence-corrected chi connectivity index (χ0v) is 9.46. The summed E-state index contributed by atoms with van der Waals surface area (Å²) >= 11 is 0. The number of benzene rings is 2. The summed E-state index contributed by atoms with van der Waals surface area (Å²) in [4.78, 5) is 3.41. The van der Waals surface area contributed by atoms with Crippen LogP contribution < -0.4 is 0 Å². The van der Waals surface area contributed by atoms with Crippen LogP contribution in [0.3, 0.4) is 0 Å². The van der Waals surface area contributed by atoms with E-state index in [1.807, 2.05) is 0 Å². The third kappa shape index (κ3) is 1.61. The van der Waals surface area contributed by atoms with Crippen molar-refractivity contribution in [3.8, 4) is 0 Å². The summed E-state index contributed by atoms with van der Waals surface area (Å²) in [5.41, 5.74) is 3.74. The van der Waals surface area contributed by atoms with Crippen LogP contribution in [-0.4, -0.2) is 4.98 Å². The predicted octanol–water partition coefficient (Wildman–Crippen LogP) is 4.43. The summed E-state index contributed by atoms with van der Waals surface area (Å²) in [6.07, 6.45) is 0. The molecule has 3 aromatic rings. The molecule has 1 heteroatoms. The number of aromatic nitrogens is 1. The molecular weight excluding hydrogens is 194 g/mol. The molecule has 1 heterocycles. The molecule has 0 saturated carbocycles. The molecule has 80 valence electrons. The van der Waals surface area contributed by atoms with Gasteiger partial charge in [-0.05, 0) is 25.1 Å². The third-order valence-electron chi connectivity index (χ3n) is 2.66. The maximum Gasteiger partial charge on any atom is 0.0465 e. The Hall–Kier alpha value is -2.02. The van der Waals surface area contributed by atoms with Crippen LogP contribution in [-0.2, 0) is 0 Å². The van der Waals surface area contributed by atoms with Gasteiger partial charge in [-0.2, -0.15) is 0 Å². The first-order valence-corrected chi connectivity index (χ1v) is 5.32. The first kappa shape index (κ1) is 10.5. The number of fused-ring (bicyclic) bond motifs is 3. The second-order valence-corrected chi connectivity index (χ2v) is 3.72. The van der Waals surface area contributed by atoms with E-state index in [9.17, 15) is 0 Å². The zero-order chi connectivity index (χ0) is 11.5. The monoisotopic (exact) mass is 209 g/mol. The number of hydrogen-bond donors (Lipinski definition) is 1. The Morgan fingerprint density at radius 2 is 1.56 bits per heavy atom.